The quantitative estimate of drug-likeness (QED) is 0.479. The van der Waals surface area contributed by atoms with Gasteiger partial charge in [0.15, 0.2) is 0 Å². The molecule has 2 aromatic carbocycles. The molecular weight excluding hydrogens is 452 g/mol. The molecule has 3 aromatic rings. The Morgan fingerprint density at radius 2 is 1.86 bits per heavy atom. The molecule has 0 unspecified atom stereocenters. The van der Waals surface area contributed by atoms with E-state index in [9.17, 15) is 9.90 Å². The van der Waals surface area contributed by atoms with Crippen molar-refractivity contribution in [2.45, 2.75) is 77.0 Å². The zero-order chi connectivity index (χ0) is 25.4. The van der Waals surface area contributed by atoms with Crippen molar-refractivity contribution < 1.29 is 14.6 Å². The van der Waals surface area contributed by atoms with Crippen molar-refractivity contribution in [3.05, 3.63) is 65.4 Å². The highest BCUT2D eigenvalue weighted by molar-refractivity contribution is 5.96. The number of benzene rings is 2. The molecule has 7 nitrogen and oxygen atoms in total. The minimum atomic E-state index is -0.226. The fraction of sp³-hybridized carbons (Fsp3) is 0.448. The first-order valence-electron chi connectivity index (χ1n) is 12.8. The first-order valence-corrected chi connectivity index (χ1v) is 12.8. The van der Waals surface area contributed by atoms with E-state index in [1.165, 1.54) is 0 Å². The zero-order valence-corrected chi connectivity index (χ0v) is 21.6. The second-order valence-corrected chi connectivity index (χ2v) is 11.0. The van der Waals surface area contributed by atoms with Gasteiger partial charge in [0.05, 0.1) is 31.0 Å². The summed E-state index contributed by atoms with van der Waals surface area (Å²) in [6.07, 6.45) is 3.59. The second kappa shape index (κ2) is 9.62. The summed E-state index contributed by atoms with van der Waals surface area (Å²) in [5, 5.41) is 18.6. The fourth-order valence-corrected chi connectivity index (χ4v) is 5.30. The van der Waals surface area contributed by atoms with Gasteiger partial charge in [-0.3, -0.25) is 4.79 Å². The number of anilines is 3. The van der Waals surface area contributed by atoms with E-state index in [-0.39, 0.29) is 17.6 Å². The number of nitrogens with one attached hydrogen (secondary N) is 1. The van der Waals surface area contributed by atoms with Gasteiger partial charge in [-0.25, -0.2) is 4.68 Å². The minimum absolute atomic E-state index is 0.147. The van der Waals surface area contributed by atoms with Crippen LogP contribution in [-0.4, -0.2) is 34.0 Å². The number of carbonyl (C=O) groups is 1. The highest BCUT2D eigenvalue weighted by Crippen LogP contribution is 2.37. The summed E-state index contributed by atoms with van der Waals surface area (Å²) in [5.41, 5.74) is 5.03. The van der Waals surface area contributed by atoms with Gasteiger partial charge in [0, 0.05) is 29.8 Å². The van der Waals surface area contributed by atoms with Crippen LogP contribution in [0.2, 0.25) is 0 Å². The number of hydrogen-bond acceptors (Lipinski definition) is 5. The Kier molecular flexibility index (Phi) is 6.51. The predicted molar refractivity (Wildman–Crippen MR) is 142 cm³/mol. The highest BCUT2D eigenvalue weighted by Gasteiger charge is 2.29. The smallest absolute Gasteiger partial charge is 0.227 e. The van der Waals surface area contributed by atoms with Crippen molar-refractivity contribution in [3.63, 3.8) is 0 Å². The summed E-state index contributed by atoms with van der Waals surface area (Å²) in [6.45, 7) is 6.98. The molecule has 2 atom stereocenters. The number of amides is 1. The predicted octanol–water partition coefficient (Wildman–Crippen LogP) is 5.50. The van der Waals surface area contributed by atoms with Gasteiger partial charge in [0.2, 0.25) is 5.91 Å². The molecule has 0 saturated heterocycles. The van der Waals surface area contributed by atoms with Crippen molar-refractivity contribution in [1.29, 1.82) is 0 Å². The van der Waals surface area contributed by atoms with E-state index in [4.69, 9.17) is 9.84 Å². The molecule has 1 fully saturated rings. The van der Waals surface area contributed by atoms with E-state index in [2.05, 4.69) is 38.2 Å². The van der Waals surface area contributed by atoms with Crippen LogP contribution in [0.15, 0.2) is 48.5 Å². The number of rotatable bonds is 6. The SMILES string of the molecule is COc1ccc(CN2C(=O)CCc3cc(Nc4cc([C@H]5CC[C@@H](O)C5)nn4C(C)(C)C)ccc32)cc1. The molecule has 2 heterocycles. The number of aryl methyl sites for hydroxylation is 1. The van der Waals surface area contributed by atoms with E-state index in [1.54, 1.807) is 7.11 Å². The van der Waals surface area contributed by atoms with Crippen LogP contribution in [0.5, 0.6) is 5.75 Å². The van der Waals surface area contributed by atoms with Crippen LogP contribution in [0.25, 0.3) is 0 Å². The van der Waals surface area contributed by atoms with Crippen LogP contribution < -0.4 is 15.0 Å². The summed E-state index contributed by atoms with van der Waals surface area (Å²) < 4.78 is 7.31. The first kappa shape index (κ1) is 24.4. The lowest BCUT2D eigenvalue weighted by atomic mass is 9.99. The Morgan fingerprint density at radius 1 is 1.08 bits per heavy atom. The van der Waals surface area contributed by atoms with Gasteiger partial charge < -0.3 is 20.1 Å². The Bertz CT molecular complexity index is 1240. The van der Waals surface area contributed by atoms with Crippen LogP contribution in [0.3, 0.4) is 0 Å². The molecule has 190 valence electrons. The number of nitrogens with zero attached hydrogens (tertiary/aromatic N) is 3. The molecule has 1 saturated carbocycles. The first-order chi connectivity index (χ1) is 17.2. The van der Waals surface area contributed by atoms with Crippen LogP contribution in [0.1, 0.15) is 69.2 Å². The van der Waals surface area contributed by atoms with E-state index in [0.29, 0.717) is 18.9 Å². The van der Waals surface area contributed by atoms with Crippen LogP contribution >= 0.6 is 0 Å². The summed E-state index contributed by atoms with van der Waals surface area (Å²) in [5.74, 6) is 2.20. The van der Waals surface area contributed by atoms with Crippen molar-refractivity contribution in [2.75, 3.05) is 17.3 Å². The number of fused-ring (bicyclic) bond motifs is 1. The standard InChI is InChI=1S/C29H36N4O3/c1-29(2,3)33-27(17-25(31-33)20-7-10-23(34)16-20)30-22-9-13-26-21(15-22)8-14-28(35)32(26)18-19-5-11-24(36-4)12-6-19/h5-6,9,11-13,15,17,20,23,30,34H,7-8,10,14,16,18H2,1-4H3/t20-,23+/m0/s1. The summed E-state index contributed by atoms with van der Waals surface area (Å²) in [6, 6.07) is 16.2. The van der Waals surface area contributed by atoms with Gasteiger partial charge in [0.25, 0.3) is 0 Å². The highest BCUT2D eigenvalue weighted by atomic mass is 16.5. The van der Waals surface area contributed by atoms with Crippen molar-refractivity contribution in [1.82, 2.24) is 9.78 Å². The molecule has 1 aromatic heterocycles. The van der Waals surface area contributed by atoms with Crippen LogP contribution in [0.4, 0.5) is 17.2 Å². The molecule has 1 aliphatic heterocycles. The summed E-state index contributed by atoms with van der Waals surface area (Å²) in [7, 11) is 1.65. The lowest BCUT2D eigenvalue weighted by Gasteiger charge is -2.30. The molecule has 0 bridgehead atoms. The maximum Gasteiger partial charge on any atom is 0.227 e. The zero-order valence-electron chi connectivity index (χ0n) is 21.6. The molecule has 36 heavy (non-hydrogen) atoms. The van der Waals surface area contributed by atoms with Crippen LogP contribution in [-0.2, 0) is 23.3 Å². The van der Waals surface area contributed by atoms with E-state index >= 15 is 0 Å². The van der Waals surface area contributed by atoms with Gasteiger partial charge in [-0.2, -0.15) is 5.10 Å². The normalized spacial score (nSPS) is 19.9. The molecule has 2 aliphatic rings. The molecular formula is C29H36N4O3. The second-order valence-electron chi connectivity index (χ2n) is 11.0. The molecule has 7 heteroatoms. The molecule has 0 spiro atoms. The third kappa shape index (κ3) is 4.98. The maximum absolute atomic E-state index is 12.8. The monoisotopic (exact) mass is 488 g/mol. The van der Waals surface area contributed by atoms with E-state index in [0.717, 1.165) is 65.4 Å². The van der Waals surface area contributed by atoms with Crippen molar-refractivity contribution in [3.8, 4) is 5.75 Å². The lowest BCUT2D eigenvalue weighted by Crippen LogP contribution is -2.34. The van der Waals surface area contributed by atoms with Crippen molar-refractivity contribution in [2.24, 2.45) is 0 Å². The van der Waals surface area contributed by atoms with E-state index in [1.807, 2.05) is 46.0 Å². The Labute approximate surface area is 213 Å². The molecule has 0 radical (unpaired) electrons. The van der Waals surface area contributed by atoms with Gasteiger partial charge in [0.1, 0.15) is 11.6 Å². The summed E-state index contributed by atoms with van der Waals surface area (Å²) >= 11 is 0. The number of methoxy groups -OCH3 is 1. The van der Waals surface area contributed by atoms with Crippen molar-refractivity contribution >= 4 is 23.1 Å². The summed E-state index contributed by atoms with van der Waals surface area (Å²) in [4.78, 5) is 14.7. The Morgan fingerprint density at radius 3 is 2.53 bits per heavy atom. The van der Waals surface area contributed by atoms with Gasteiger partial charge >= 0.3 is 0 Å². The number of hydrogen-bond donors (Lipinski definition) is 2. The number of carbonyl (C=O) groups excluding carboxylic acids is 1. The average molecular weight is 489 g/mol. The average Bonchev–Trinajstić information content (AvgIpc) is 3.47. The third-order valence-corrected chi connectivity index (χ3v) is 7.24. The van der Waals surface area contributed by atoms with Crippen LogP contribution in [0, 0.1) is 0 Å². The molecule has 1 aliphatic carbocycles. The molecule has 2 N–H and O–H groups in total. The minimum Gasteiger partial charge on any atom is -0.497 e. The van der Waals surface area contributed by atoms with Gasteiger partial charge in [-0.15, -0.1) is 0 Å². The number of aliphatic hydroxyl groups excluding tert-OH is 1. The maximum atomic E-state index is 12.8. The topological polar surface area (TPSA) is 79.6 Å². The number of aliphatic hydroxyl groups is 1. The van der Waals surface area contributed by atoms with E-state index < -0.39 is 0 Å². The number of ether oxygens (including phenoxy) is 1. The Hall–Kier alpha value is -3.32. The number of aromatic nitrogens is 2. The third-order valence-electron chi connectivity index (χ3n) is 7.24. The molecule has 1 amide bonds. The largest absolute Gasteiger partial charge is 0.497 e. The van der Waals surface area contributed by atoms with Gasteiger partial charge in [-0.05, 0) is 87.9 Å². The Balaban J connectivity index is 1.39. The van der Waals surface area contributed by atoms with Gasteiger partial charge in [-0.1, -0.05) is 12.1 Å². The fourth-order valence-electron chi connectivity index (χ4n) is 5.30. The lowest BCUT2D eigenvalue weighted by molar-refractivity contribution is -0.119. The molecule has 5 rings (SSSR count).